The number of pyridine rings is 1. The number of anilines is 1. The van der Waals surface area contributed by atoms with Gasteiger partial charge in [0, 0.05) is 44.5 Å². The van der Waals surface area contributed by atoms with Crippen LogP contribution in [0.1, 0.15) is 32.3 Å². The molecule has 2 saturated heterocycles. The zero-order valence-corrected chi connectivity index (χ0v) is 13.7. The summed E-state index contributed by atoms with van der Waals surface area (Å²) < 4.78 is 0. The van der Waals surface area contributed by atoms with Gasteiger partial charge in [-0.05, 0) is 31.0 Å². The van der Waals surface area contributed by atoms with Crippen LogP contribution in [0.4, 0.5) is 5.82 Å². The van der Waals surface area contributed by atoms with Crippen molar-refractivity contribution >= 4 is 17.4 Å². The van der Waals surface area contributed by atoms with Gasteiger partial charge in [0.25, 0.3) is 0 Å². The van der Waals surface area contributed by atoms with Crippen LogP contribution in [-0.2, 0) is 6.54 Å². The molecule has 3 heterocycles. The number of aromatic nitrogens is 1. The smallest absolute Gasteiger partial charge is 0.147 e. The quantitative estimate of drug-likeness (QED) is 0.926. The molecule has 2 aliphatic rings. The molecular formula is C16H25ClN4. The van der Waals surface area contributed by atoms with E-state index in [2.05, 4.69) is 40.0 Å². The highest BCUT2D eigenvalue weighted by Gasteiger charge is 2.31. The zero-order chi connectivity index (χ0) is 14.8. The molecule has 1 aromatic heterocycles. The van der Waals surface area contributed by atoms with Crippen molar-refractivity contribution in [2.75, 3.05) is 31.1 Å². The highest BCUT2D eigenvalue weighted by molar-refractivity contribution is 6.33. The minimum absolute atomic E-state index is 0.471. The van der Waals surface area contributed by atoms with Gasteiger partial charge in [-0.3, -0.25) is 4.90 Å². The summed E-state index contributed by atoms with van der Waals surface area (Å²) in [5.41, 5.74) is 1.15. The Hall–Kier alpha value is -0.840. The highest BCUT2D eigenvalue weighted by atomic mass is 35.5. The molecule has 0 amide bonds. The van der Waals surface area contributed by atoms with E-state index in [4.69, 9.17) is 11.6 Å². The fourth-order valence-corrected chi connectivity index (χ4v) is 3.61. The van der Waals surface area contributed by atoms with Gasteiger partial charge in [-0.15, -0.1) is 0 Å². The number of fused-ring (bicyclic) bond motifs is 1. The van der Waals surface area contributed by atoms with E-state index in [1.807, 2.05) is 6.20 Å². The third-order valence-electron chi connectivity index (χ3n) is 4.48. The third-order valence-corrected chi connectivity index (χ3v) is 4.76. The Balaban J connectivity index is 1.68. The first kappa shape index (κ1) is 15.1. The van der Waals surface area contributed by atoms with Gasteiger partial charge >= 0.3 is 0 Å². The van der Waals surface area contributed by atoms with Crippen LogP contribution in [0.2, 0.25) is 5.02 Å². The summed E-state index contributed by atoms with van der Waals surface area (Å²) in [6.45, 7) is 9.61. The lowest BCUT2D eigenvalue weighted by Gasteiger charge is -2.38. The maximum Gasteiger partial charge on any atom is 0.147 e. The molecule has 1 aromatic rings. The molecular weight excluding hydrogens is 284 g/mol. The van der Waals surface area contributed by atoms with Crippen molar-refractivity contribution in [2.45, 2.75) is 45.3 Å². The SMILES string of the molecule is CC(C)NCc1cnc(N2CCN3CCCC3C2)c(Cl)c1. The molecule has 1 atom stereocenters. The van der Waals surface area contributed by atoms with Crippen LogP contribution in [-0.4, -0.2) is 48.1 Å². The van der Waals surface area contributed by atoms with Crippen molar-refractivity contribution in [3.05, 3.63) is 22.8 Å². The normalized spacial score (nSPS) is 22.9. The summed E-state index contributed by atoms with van der Waals surface area (Å²) in [6.07, 6.45) is 4.60. The molecule has 0 saturated carbocycles. The second-order valence-corrected chi connectivity index (χ2v) is 6.87. The van der Waals surface area contributed by atoms with E-state index < -0.39 is 0 Å². The minimum atomic E-state index is 0.471. The van der Waals surface area contributed by atoms with E-state index in [1.54, 1.807) is 0 Å². The fourth-order valence-electron chi connectivity index (χ4n) is 3.31. The van der Waals surface area contributed by atoms with Crippen molar-refractivity contribution in [3.8, 4) is 0 Å². The fraction of sp³-hybridized carbons (Fsp3) is 0.688. The molecule has 0 aliphatic carbocycles. The van der Waals surface area contributed by atoms with E-state index in [0.717, 1.165) is 42.6 Å². The first-order chi connectivity index (χ1) is 10.1. The molecule has 0 radical (unpaired) electrons. The van der Waals surface area contributed by atoms with Gasteiger partial charge in [-0.1, -0.05) is 25.4 Å². The Morgan fingerprint density at radius 2 is 2.24 bits per heavy atom. The van der Waals surface area contributed by atoms with Gasteiger partial charge in [0.2, 0.25) is 0 Å². The Morgan fingerprint density at radius 1 is 1.38 bits per heavy atom. The van der Waals surface area contributed by atoms with Gasteiger partial charge < -0.3 is 10.2 Å². The molecule has 1 unspecified atom stereocenters. The molecule has 21 heavy (non-hydrogen) atoms. The number of hydrogen-bond acceptors (Lipinski definition) is 4. The maximum absolute atomic E-state index is 6.48. The molecule has 0 aromatic carbocycles. The molecule has 3 rings (SSSR count). The lowest BCUT2D eigenvalue weighted by molar-refractivity contribution is 0.230. The predicted molar refractivity (Wildman–Crippen MR) is 88.0 cm³/mol. The monoisotopic (exact) mass is 308 g/mol. The number of piperazine rings is 1. The van der Waals surface area contributed by atoms with Crippen LogP contribution in [0.25, 0.3) is 0 Å². The van der Waals surface area contributed by atoms with Crippen LogP contribution in [0, 0.1) is 0 Å². The summed E-state index contributed by atoms with van der Waals surface area (Å²) in [4.78, 5) is 9.59. The topological polar surface area (TPSA) is 31.4 Å². The van der Waals surface area contributed by atoms with Crippen LogP contribution in [0.3, 0.4) is 0 Å². The van der Waals surface area contributed by atoms with E-state index >= 15 is 0 Å². The lowest BCUT2D eigenvalue weighted by atomic mass is 10.1. The summed E-state index contributed by atoms with van der Waals surface area (Å²) in [6, 6.07) is 3.22. The molecule has 4 nitrogen and oxygen atoms in total. The molecule has 0 bridgehead atoms. The summed E-state index contributed by atoms with van der Waals surface area (Å²) in [5, 5.41) is 4.18. The van der Waals surface area contributed by atoms with Gasteiger partial charge in [0.15, 0.2) is 0 Å². The minimum Gasteiger partial charge on any atom is -0.353 e. The van der Waals surface area contributed by atoms with Crippen molar-refractivity contribution in [1.29, 1.82) is 0 Å². The van der Waals surface area contributed by atoms with Crippen LogP contribution in [0.5, 0.6) is 0 Å². The Bertz CT molecular complexity index is 491. The van der Waals surface area contributed by atoms with Gasteiger partial charge in [0.05, 0.1) is 5.02 Å². The largest absolute Gasteiger partial charge is 0.353 e. The second kappa shape index (κ2) is 6.51. The average Bonchev–Trinajstić information content (AvgIpc) is 2.92. The van der Waals surface area contributed by atoms with E-state index in [1.165, 1.54) is 19.4 Å². The van der Waals surface area contributed by atoms with Crippen LogP contribution in [0.15, 0.2) is 12.3 Å². The first-order valence-electron chi connectivity index (χ1n) is 8.00. The molecule has 1 N–H and O–H groups in total. The molecule has 2 fully saturated rings. The molecule has 2 aliphatic heterocycles. The summed E-state index contributed by atoms with van der Waals surface area (Å²) in [5.74, 6) is 0.955. The van der Waals surface area contributed by atoms with Crippen molar-refractivity contribution in [1.82, 2.24) is 15.2 Å². The lowest BCUT2D eigenvalue weighted by Crippen LogP contribution is -2.50. The number of nitrogens with one attached hydrogen (secondary N) is 1. The van der Waals surface area contributed by atoms with Crippen LogP contribution >= 0.6 is 11.6 Å². The van der Waals surface area contributed by atoms with Crippen molar-refractivity contribution < 1.29 is 0 Å². The Labute approximate surface area is 132 Å². The van der Waals surface area contributed by atoms with E-state index in [9.17, 15) is 0 Å². The number of rotatable bonds is 4. The number of halogens is 1. The average molecular weight is 309 g/mol. The molecule has 116 valence electrons. The standard InChI is InChI=1S/C16H25ClN4/c1-12(2)18-9-13-8-15(17)16(19-10-13)21-7-6-20-5-3-4-14(20)11-21/h8,10,12,14,18H,3-7,9,11H2,1-2H3. The Morgan fingerprint density at radius 3 is 3.00 bits per heavy atom. The maximum atomic E-state index is 6.48. The summed E-state index contributed by atoms with van der Waals surface area (Å²) >= 11 is 6.48. The first-order valence-corrected chi connectivity index (χ1v) is 8.38. The van der Waals surface area contributed by atoms with Crippen LogP contribution < -0.4 is 10.2 Å². The predicted octanol–water partition coefficient (Wildman–Crippen LogP) is 2.52. The number of nitrogens with zero attached hydrogens (tertiary/aromatic N) is 3. The zero-order valence-electron chi connectivity index (χ0n) is 13.0. The van der Waals surface area contributed by atoms with E-state index in [-0.39, 0.29) is 0 Å². The van der Waals surface area contributed by atoms with E-state index in [0.29, 0.717) is 12.1 Å². The molecule has 5 heteroatoms. The van der Waals surface area contributed by atoms with Gasteiger partial charge in [-0.2, -0.15) is 0 Å². The van der Waals surface area contributed by atoms with Crippen molar-refractivity contribution in [3.63, 3.8) is 0 Å². The van der Waals surface area contributed by atoms with Crippen molar-refractivity contribution in [2.24, 2.45) is 0 Å². The second-order valence-electron chi connectivity index (χ2n) is 6.46. The highest BCUT2D eigenvalue weighted by Crippen LogP contribution is 2.29. The Kier molecular flexibility index (Phi) is 4.67. The van der Waals surface area contributed by atoms with Gasteiger partial charge in [-0.25, -0.2) is 4.98 Å². The molecule has 0 spiro atoms. The summed E-state index contributed by atoms with van der Waals surface area (Å²) in [7, 11) is 0. The number of hydrogen-bond donors (Lipinski definition) is 1. The third kappa shape index (κ3) is 3.50. The van der Waals surface area contributed by atoms with Gasteiger partial charge in [0.1, 0.15) is 5.82 Å².